The molecule has 0 rings (SSSR count). The monoisotopic (exact) mass is 116 g/mol. The lowest BCUT2D eigenvalue weighted by molar-refractivity contribution is 0.624. The van der Waals surface area contributed by atoms with Crippen LogP contribution >= 0.6 is 0 Å². The van der Waals surface area contributed by atoms with Gasteiger partial charge in [0, 0.05) is 2.74 Å². The number of hydrogen-bond acceptors (Lipinski definition) is 0. The molecule has 0 aromatic carbocycles. The minimum atomic E-state index is 0.0315. The van der Waals surface area contributed by atoms with E-state index in [1.54, 1.807) is 0 Å². The van der Waals surface area contributed by atoms with Crippen LogP contribution < -0.4 is 0 Å². The first-order chi connectivity index (χ1) is 4.81. The molecule has 0 nitrogen and oxygen atoms in total. The Labute approximate surface area is 56.1 Å². The van der Waals surface area contributed by atoms with Crippen LogP contribution in [0, 0.1) is 0 Å². The minimum absolute atomic E-state index is 0.0315. The van der Waals surface area contributed by atoms with Gasteiger partial charge in [-0.3, -0.25) is 0 Å². The van der Waals surface area contributed by atoms with Crippen LogP contribution in [-0.4, -0.2) is 0 Å². The van der Waals surface area contributed by atoms with Gasteiger partial charge < -0.3 is 0 Å². The molecule has 0 heterocycles. The zero-order chi connectivity index (χ0) is 7.82. The predicted octanol–water partition coefficient (Wildman–Crippen LogP) is 3.37. The van der Waals surface area contributed by atoms with Crippen molar-refractivity contribution in [2.24, 2.45) is 0 Å². The molecule has 0 heteroatoms. The Morgan fingerprint density at radius 1 is 1.25 bits per heavy atom. The van der Waals surface area contributed by atoms with Gasteiger partial charge in [0.1, 0.15) is 0 Å². The van der Waals surface area contributed by atoms with Gasteiger partial charge in [-0.25, -0.2) is 0 Å². The highest BCUT2D eigenvalue weighted by Gasteiger charge is 1.83. The quantitative estimate of drug-likeness (QED) is 0.483. The highest BCUT2D eigenvalue weighted by atomic mass is 13.9. The molecule has 0 fully saturated rings. The number of unbranched alkanes of at least 4 members (excludes halogenated alkanes) is 2. The molecule has 1 atom stereocenters. The zero-order valence-corrected chi connectivity index (χ0v) is 5.82. The largest absolute Gasteiger partial charge is 0.0654 e. The highest BCUT2D eigenvalue weighted by molar-refractivity contribution is 4.39. The summed E-state index contributed by atoms with van der Waals surface area (Å²) >= 11 is 0. The summed E-state index contributed by atoms with van der Waals surface area (Å²) < 4.78 is 14.3. The Morgan fingerprint density at radius 2 is 2.12 bits per heavy atom. The van der Waals surface area contributed by atoms with Crippen molar-refractivity contribution >= 4 is 0 Å². The molecule has 0 radical (unpaired) electrons. The molecule has 50 valence electrons. The van der Waals surface area contributed by atoms with Gasteiger partial charge in [-0.15, -0.1) is 0 Å². The van der Waals surface area contributed by atoms with Gasteiger partial charge in [-0.1, -0.05) is 52.3 Å². The van der Waals surface area contributed by atoms with E-state index >= 15 is 0 Å². The van der Waals surface area contributed by atoms with E-state index < -0.39 is 0 Å². The topological polar surface area (TPSA) is 0 Å². The van der Waals surface area contributed by atoms with Gasteiger partial charge in [-0.2, -0.15) is 0 Å². The summed E-state index contributed by atoms with van der Waals surface area (Å²) in [6, 6.07) is 0. The Bertz CT molecular complexity index is 64.3. The molecule has 0 saturated heterocycles. The average molecular weight is 116 g/mol. The van der Waals surface area contributed by atoms with Gasteiger partial charge in [0.05, 0.1) is 0 Å². The Hall–Kier alpha value is 0. The van der Waals surface area contributed by atoms with Crippen molar-refractivity contribution in [3.63, 3.8) is 0 Å². The molecule has 0 aliphatic carbocycles. The molecule has 0 aromatic rings. The summed E-state index contributed by atoms with van der Waals surface area (Å²) in [5.41, 5.74) is 0. The van der Waals surface area contributed by atoms with Crippen molar-refractivity contribution in [3.05, 3.63) is 0 Å². The van der Waals surface area contributed by atoms with Crippen LogP contribution in [-0.2, 0) is 0 Å². The van der Waals surface area contributed by atoms with Crippen LogP contribution in [0.5, 0.6) is 0 Å². The second-order valence-corrected chi connectivity index (χ2v) is 2.07. The summed E-state index contributed by atoms with van der Waals surface area (Å²) in [6.45, 7) is 2.59. The van der Waals surface area contributed by atoms with Crippen LogP contribution in [0.4, 0.5) is 0 Å². The van der Waals surface area contributed by atoms with Gasteiger partial charge in [0.2, 0.25) is 0 Å². The van der Waals surface area contributed by atoms with E-state index in [0.717, 1.165) is 12.8 Å². The van der Waals surface area contributed by atoms with Crippen molar-refractivity contribution < 1.29 is 2.74 Å². The third-order valence-corrected chi connectivity index (χ3v) is 1.22. The van der Waals surface area contributed by atoms with Crippen LogP contribution in [0.25, 0.3) is 0 Å². The predicted molar refractivity (Wildman–Crippen MR) is 39.1 cm³/mol. The third-order valence-electron chi connectivity index (χ3n) is 1.22. The number of hydrogen-bond donors (Lipinski definition) is 0. The molecule has 8 heavy (non-hydrogen) atoms. The smallest absolute Gasteiger partial charge is 0.0266 e. The number of rotatable bonds is 5. The van der Waals surface area contributed by atoms with Crippen LogP contribution in [0.3, 0.4) is 0 Å². The van der Waals surface area contributed by atoms with E-state index in [0.29, 0.717) is 6.90 Å². The Kier molecular flexibility index (Phi) is 4.23. The SMILES string of the molecule is [2H]CCC([2H])CCCCC. The average Bonchev–Trinajstić information content (AvgIpc) is 1.89. The Morgan fingerprint density at radius 3 is 2.75 bits per heavy atom. The summed E-state index contributed by atoms with van der Waals surface area (Å²) in [4.78, 5) is 0. The lowest BCUT2D eigenvalue weighted by atomic mass is 10.1. The van der Waals surface area contributed by atoms with Gasteiger partial charge in [0.25, 0.3) is 0 Å². The normalized spacial score (nSPS) is 17.1. The van der Waals surface area contributed by atoms with E-state index in [2.05, 4.69) is 6.92 Å². The van der Waals surface area contributed by atoms with Gasteiger partial charge in [-0.05, 0) is 0 Å². The fourth-order valence-corrected chi connectivity index (χ4v) is 0.683. The fourth-order valence-electron chi connectivity index (χ4n) is 0.683. The van der Waals surface area contributed by atoms with Crippen molar-refractivity contribution in [1.29, 1.82) is 0 Å². The van der Waals surface area contributed by atoms with Crippen molar-refractivity contribution in [1.82, 2.24) is 0 Å². The van der Waals surface area contributed by atoms with E-state index in [4.69, 9.17) is 2.74 Å². The second-order valence-electron chi connectivity index (χ2n) is 2.07. The van der Waals surface area contributed by atoms with E-state index in [1.807, 2.05) is 0 Å². The van der Waals surface area contributed by atoms with Crippen molar-refractivity contribution in [2.75, 3.05) is 0 Å². The first-order valence-electron chi connectivity index (χ1n) is 4.81. The van der Waals surface area contributed by atoms with Crippen LogP contribution in [0.1, 0.15) is 55.1 Å². The summed E-state index contributed by atoms with van der Waals surface area (Å²) in [5.74, 6) is 0. The maximum absolute atomic E-state index is 7.43. The molecule has 0 amide bonds. The van der Waals surface area contributed by atoms with E-state index in [9.17, 15) is 0 Å². The van der Waals surface area contributed by atoms with Gasteiger partial charge in [0.15, 0.2) is 0 Å². The molecule has 0 spiro atoms. The van der Waals surface area contributed by atoms with E-state index in [1.165, 1.54) is 19.3 Å². The molecule has 0 saturated carbocycles. The molecular weight excluding hydrogens is 96.1 g/mol. The van der Waals surface area contributed by atoms with Crippen LogP contribution in [0.2, 0.25) is 0 Å². The molecular formula is C8H18. The summed E-state index contributed by atoms with van der Waals surface area (Å²) in [6.07, 6.45) is 5.42. The minimum Gasteiger partial charge on any atom is -0.0654 e. The fraction of sp³-hybridized carbons (Fsp3) is 1.00. The molecule has 0 aliphatic heterocycles. The lowest BCUT2D eigenvalue weighted by Gasteiger charge is -1.93. The van der Waals surface area contributed by atoms with Crippen molar-refractivity contribution in [2.45, 2.75) is 52.3 Å². The van der Waals surface area contributed by atoms with Crippen LogP contribution in [0.15, 0.2) is 0 Å². The maximum atomic E-state index is 7.43. The van der Waals surface area contributed by atoms with E-state index in [-0.39, 0.29) is 6.40 Å². The summed E-state index contributed by atoms with van der Waals surface area (Å²) in [5, 5.41) is 0. The zero-order valence-electron chi connectivity index (χ0n) is 7.82. The standard InChI is InChI=1S/C8H18/c1-3-5-7-8-6-4-2/h3-8H2,1-2H3/i1D,5D. The molecule has 0 aromatic heterocycles. The van der Waals surface area contributed by atoms with Crippen molar-refractivity contribution in [3.8, 4) is 0 Å². The molecule has 0 aliphatic rings. The molecule has 0 N–H and O–H groups in total. The Balaban J connectivity index is 2.97. The molecule has 0 bridgehead atoms. The maximum Gasteiger partial charge on any atom is 0.0266 e. The van der Waals surface area contributed by atoms with Gasteiger partial charge >= 0.3 is 0 Å². The molecule has 1 unspecified atom stereocenters. The lowest BCUT2D eigenvalue weighted by Crippen LogP contribution is -1.73. The first kappa shape index (κ1) is 4.84. The highest BCUT2D eigenvalue weighted by Crippen LogP contribution is 2.03. The second kappa shape index (κ2) is 7.00. The first-order valence-corrected chi connectivity index (χ1v) is 3.52. The summed E-state index contributed by atoms with van der Waals surface area (Å²) in [7, 11) is 0. The third kappa shape index (κ3) is 6.00.